The molecule has 1 amide bonds. The number of ether oxygens (including phenoxy) is 1. The van der Waals surface area contributed by atoms with E-state index in [9.17, 15) is 9.59 Å². The molecular weight excluding hydrogens is 397 g/mol. The molecule has 0 aromatic heterocycles. The summed E-state index contributed by atoms with van der Waals surface area (Å²) in [5.41, 5.74) is 4.43. The van der Waals surface area contributed by atoms with Gasteiger partial charge in [0.25, 0.3) is 5.91 Å². The van der Waals surface area contributed by atoms with Crippen molar-refractivity contribution in [2.45, 2.75) is 20.8 Å². The second-order valence-corrected chi connectivity index (χ2v) is 7.48. The van der Waals surface area contributed by atoms with Crippen LogP contribution in [0.1, 0.15) is 23.6 Å². The molecule has 0 radical (unpaired) electrons. The fourth-order valence-electron chi connectivity index (χ4n) is 3.34. The van der Waals surface area contributed by atoms with Crippen molar-refractivity contribution in [1.29, 1.82) is 0 Å². The summed E-state index contributed by atoms with van der Waals surface area (Å²) in [4.78, 5) is 27.3. The summed E-state index contributed by atoms with van der Waals surface area (Å²) in [6.07, 6.45) is 1.63. The number of benzene rings is 2. The zero-order chi connectivity index (χ0) is 20.6. The Balaban J connectivity index is 2.17. The maximum absolute atomic E-state index is 13.3. The molecule has 0 saturated carbocycles. The number of carbonyl (C=O) groups excluding carboxylic acids is 2. The van der Waals surface area contributed by atoms with Crippen LogP contribution in [0, 0.1) is 13.8 Å². The Kier molecular flexibility index (Phi) is 5.64. The Morgan fingerprint density at radius 1 is 1.00 bits per heavy atom. The van der Waals surface area contributed by atoms with Crippen molar-refractivity contribution in [2.75, 3.05) is 12.0 Å². The number of amides is 1. The molecule has 1 aliphatic rings. The molecule has 0 saturated heterocycles. The van der Waals surface area contributed by atoms with E-state index in [0.717, 1.165) is 11.1 Å². The number of hydrogen-bond donors (Lipinski definition) is 0. The lowest BCUT2D eigenvalue weighted by Crippen LogP contribution is -2.24. The van der Waals surface area contributed by atoms with Crippen molar-refractivity contribution >= 4 is 46.8 Å². The molecule has 6 heteroatoms. The number of methoxy groups -OCH3 is 1. The largest absolute Gasteiger partial charge is 0.465 e. The number of carbonyl (C=O) groups is 2. The maximum atomic E-state index is 13.3. The predicted molar refractivity (Wildman–Crippen MR) is 113 cm³/mol. The lowest BCUT2D eigenvalue weighted by Gasteiger charge is -2.19. The Bertz CT molecular complexity index is 1030. The highest BCUT2D eigenvalue weighted by atomic mass is 35.5. The molecular formula is C22H19Cl2NO3. The van der Waals surface area contributed by atoms with Crippen molar-refractivity contribution < 1.29 is 14.3 Å². The van der Waals surface area contributed by atoms with Crippen LogP contribution in [-0.2, 0) is 14.3 Å². The van der Waals surface area contributed by atoms with Crippen LogP contribution in [0.25, 0.3) is 6.08 Å². The van der Waals surface area contributed by atoms with Gasteiger partial charge in [-0.05, 0) is 67.8 Å². The van der Waals surface area contributed by atoms with Crippen LogP contribution >= 0.6 is 23.2 Å². The summed E-state index contributed by atoms with van der Waals surface area (Å²) >= 11 is 12.1. The van der Waals surface area contributed by atoms with E-state index < -0.39 is 5.97 Å². The van der Waals surface area contributed by atoms with Gasteiger partial charge in [-0.3, -0.25) is 9.69 Å². The molecule has 0 spiro atoms. The Morgan fingerprint density at radius 3 is 2.21 bits per heavy atom. The van der Waals surface area contributed by atoms with Gasteiger partial charge < -0.3 is 4.74 Å². The SMILES string of the molecule is COC(=O)C1=C(C)N(c2cc(C)cc(C)c2)C(=O)/C1=C\c1ccc(Cl)c(Cl)c1. The molecule has 0 bridgehead atoms. The number of aryl methyl sites for hydroxylation is 2. The van der Waals surface area contributed by atoms with Crippen molar-refractivity contribution in [3.8, 4) is 0 Å². The van der Waals surface area contributed by atoms with E-state index in [1.165, 1.54) is 12.0 Å². The number of nitrogens with zero attached hydrogens (tertiary/aromatic N) is 1. The van der Waals surface area contributed by atoms with E-state index in [-0.39, 0.29) is 17.1 Å². The molecule has 0 atom stereocenters. The van der Waals surface area contributed by atoms with Gasteiger partial charge in [0.2, 0.25) is 0 Å². The lowest BCUT2D eigenvalue weighted by molar-refractivity contribution is -0.136. The smallest absolute Gasteiger partial charge is 0.340 e. The first kappa shape index (κ1) is 20.2. The summed E-state index contributed by atoms with van der Waals surface area (Å²) in [5.74, 6) is -0.863. The lowest BCUT2D eigenvalue weighted by atomic mass is 10.0. The number of anilines is 1. The molecule has 1 heterocycles. The second-order valence-electron chi connectivity index (χ2n) is 6.67. The number of hydrogen-bond acceptors (Lipinski definition) is 3. The van der Waals surface area contributed by atoms with Gasteiger partial charge in [-0.1, -0.05) is 35.3 Å². The molecule has 2 aromatic carbocycles. The zero-order valence-corrected chi connectivity index (χ0v) is 17.5. The highest BCUT2D eigenvalue weighted by Crippen LogP contribution is 2.36. The van der Waals surface area contributed by atoms with Gasteiger partial charge in [0, 0.05) is 11.4 Å². The van der Waals surface area contributed by atoms with Crippen molar-refractivity contribution in [3.63, 3.8) is 0 Å². The molecule has 3 rings (SSSR count). The van der Waals surface area contributed by atoms with Crippen molar-refractivity contribution in [3.05, 3.63) is 80.0 Å². The van der Waals surface area contributed by atoms with E-state index in [1.54, 1.807) is 31.2 Å². The highest BCUT2D eigenvalue weighted by molar-refractivity contribution is 6.42. The molecule has 144 valence electrons. The van der Waals surface area contributed by atoms with E-state index in [4.69, 9.17) is 27.9 Å². The molecule has 0 fully saturated rings. The summed E-state index contributed by atoms with van der Waals surface area (Å²) in [6, 6.07) is 10.9. The minimum absolute atomic E-state index is 0.234. The minimum Gasteiger partial charge on any atom is -0.465 e. The number of esters is 1. The summed E-state index contributed by atoms with van der Waals surface area (Å²) in [6.45, 7) is 5.66. The predicted octanol–water partition coefficient (Wildman–Crippen LogP) is 5.49. The average molecular weight is 416 g/mol. The topological polar surface area (TPSA) is 46.6 Å². The molecule has 0 N–H and O–H groups in total. The van der Waals surface area contributed by atoms with Crippen LogP contribution in [0.2, 0.25) is 10.0 Å². The number of halogens is 2. The summed E-state index contributed by atoms with van der Waals surface area (Å²) in [7, 11) is 1.29. The molecule has 4 nitrogen and oxygen atoms in total. The first-order valence-electron chi connectivity index (χ1n) is 8.62. The third-order valence-corrected chi connectivity index (χ3v) is 5.25. The van der Waals surface area contributed by atoms with E-state index >= 15 is 0 Å². The minimum atomic E-state index is -0.566. The van der Waals surface area contributed by atoms with Gasteiger partial charge >= 0.3 is 5.97 Å². The molecule has 1 aliphatic heterocycles. The van der Waals surface area contributed by atoms with Crippen LogP contribution in [0.4, 0.5) is 5.69 Å². The van der Waals surface area contributed by atoms with Crippen molar-refractivity contribution in [1.82, 2.24) is 0 Å². The molecule has 2 aromatic rings. The van der Waals surface area contributed by atoms with Crippen molar-refractivity contribution in [2.24, 2.45) is 0 Å². The van der Waals surface area contributed by atoms with Gasteiger partial charge in [-0.15, -0.1) is 0 Å². The molecule has 0 unspecified atom stereocenters. The maximum Gasteiger partial charge on any atom is 0.340 e. The average Bonchev–Trinajstić information content (AvgIpc) is 2.87. The standard InChI is InChI=1S/C22H19Cl2NO3/c1-12-7-13(2)9-16(8-12)25-14(3)20(22(27)28-4)17(21(25)26)10-15-5-6-18(23)19(24)11-15/h5-11H,1-4H3/b17-10-. The van der Waals surface area contributed by atoms with Gasteiger partial charge in [0.1, 0.15) is 0 Å². The van der Waals surface area contributed by atoms with E-state index in [2.05, 4.69) is 0 Å². The second kappa shape index (κ2) is 7.82. The molecule has 28 heavy (non-hydrogen) atoms. The third kappa shape index (κ3) is 3.71. The van der Waals surface area contributed by atoms with E-state index in [1.807, 2.05) is 32.0 Å². The van der Waals surface area contributed by atoms with Gasteiger partial charge in [0.05, 0.1) is 28.3 Å². The van der Waals surface area contributed by atoms with Gasteiger partial charge in [-0.2, -0.15) is 0 Å². The Morgan fingerprint density at radius 2 is 1.64 bits per heavy atom. The molecule has 0 aliphatic carbocycles. The summed E-state index contributed by atoms with van der Waals surface area (Å²) in [5, 5.41) is 0.784. The van der Waals surface area contributed by atoms with Crippen LogP contribution in [0.5, 0.6) is 0 Å². The van der Waals surface area contributed by atoms with Crippen LogP contribution in [0.15, 0.2) is 53.2 Å². The highest BCUT2D eigenvalue weighted by Gasteiger charge is 2.38. The quantitative estimate of drug-likeness (QED) is 0.491. The van der Waals surface area contributed by atoms with Crippen LogP contribution in [-0.4, -0.2) is 19.0 Å². The van der Waals surface area contributed by atoms with Crippen LogP contribution < -0.4 is 4.90 Å². The Labute approximate surface area is 174 Å². The third-order valence-electron chi connectivity index (χ3n) is 4.51. The number of rotatable bonds is 3. The summed E-state index contributed by atoms with van der Waals surface area (Å²) < 4.78 is 4.93. The fraction of sp³-hybridized carbons (Fsp3) is 0.182. The normalized spacial score (nSPS) is 15.6. The zero-order valence-electron chi connectivity index (χ0n) is 16.0. The first-order valence-corrected chi connectivity index (χ1v) is 9.37. The fourth-order valence-corrected chi connectivity index (χ4v) is 3.65. The van der Waals surface area contributed by atoms with Gasteiger partial charge in [-0.25, -0.2) is 4.79 Å². The monoisotopic (exact) mass is 415 g/mol. The Hall–Kier alpha value is -2.56. The first-order chi connectivity index (χ1) is 13.2. The number of allylic oxidation sites excluding steroid dienone is 1. The van der Waals surface area contributed by atoms with Gasteiger partial charge in [0.15, 0.2) is 0 Å². The van der Waals surface area contributed by atoms with E-state index in [0.29, 0.717) is 27.0 Å². The van der Waals surface area contributed by atoms with Crippen LogP contribution in [0.3, 0.4) is 0 Å².